The zero-order chi connectivity index (χ0) is 5.86. The molecule has 0 radical (unpaired) electrons. The maximum absolute atomic E-state index is 9.43. The first kappa shape index (κ1) is 10.2. The van der Waals surface area contributed by atoms with Crippen LogP contribution < -0.4 is 0 Å². The third-order valence-corrected chi connectivity index (χ3v) is 0.302. The highest BCUT2D eigenvalue weighted by Gasteiger charge is 2.01. The zero-order valence-corrected chi connectivity index (χ0v) is 3.42. The molecule has 0 heterocycles. The summed E-state index contributed by atoms with van der Waals surface area (Å²) in [7, 11) is 0. The molecule has 0 saturated heterocycles. The van der Waals surface area contributed by atoms with Gasteiger partial charge in [-0.3, -0.25) is 9.59 Å². The summed E-state index contributed by atoms with van der Waals surface area (Å²) in [6.45, 7) is 0. The average Bonchev–Trinajstić information content (AvgIpc) is 1.27. The van der Waals surface area contributed by atoms with Crippen LogP contribution in [0.3, 0.4) is 0 Å². The highest BCUT2D eigenvalue weighted by atomic mass is 28.1. The van der Waals surface area contributed by atoms with Crippen molar-refractivity contribution < 1.29 is 19.8 Å². The third kappa shape index (κ3) is 8.94. The summed E-state index contributed by atoms with van der Waals surface area (Å²) in [5.74, 6) is -2.62. The van der Waals surface area contributed by atoms with Gasteiger partial charge in [-0.05, 0) is 11.0 Å². The van der Waals surface area contributed by atoms with Gasteiger partial charge in [-0.2, -0.15) is 0 Å². The predicted octanol–water partition coefficient (Wildman–Crippen LogP) is -1.91. The van der Waals surface area contributed by atoms with E-state index in [0.717, 1.165) is 0 Å². The number of carboxylic acid groups (broad SMARTS) is 2. The highest BCUT2D eigenvalue weighted by Crippen LogP contribution is 1.74. The summed E-state index contributed by atoms with van der Waals surface area (Å²) in [6.07, 6.45) is -0.806. The van der Waals surface area contributed by atoms with Gasteiger partial charge in [-0.1, -0.05) is 0 Å². The highest BCUT2D eigenvalue weighted by molar-refractivity contribution is 5.88. The van der Waals surface area contributed by atoms with Gasteiger partial charge in [0.15, 0.2) is 0 Å². The maximum atomic E-state index is 9.43. The molecule has 0 spiro atoms. The number of carbonyl (C=O) groups is 2. The van der Waals surface area contributed by atoms with E-state index in [1.165, 1.54) is 0 Å². The summed E-state index contributed by atoms with van der Waals surface area (Å²) in [6, 6.07) is 0. The second-order valence-corrected chi connectivity index (χ2v) is 0.964. The lowest BCUT2D eigenvalue weighted by Crippen LogP contribution is -2.03. The molecule has 5 heteroatoms. The van der Waals surface area contributed by atoms with Crippen LogP contribution in [0.4, 0.5) is 0 Å². The molecular weight excluding hydrogens is 128 g/mol. The van der Waals surface area contributed by atoms with Crippen molar-refractivity contribution >= 4 is 22.9 Å². The van der Waals surface area contributed by atoms with Gasteiger partial charge in [0.25, 0.3) is 0 Å². The average molecular weight is 136 g/mol. The van der Waals surface area contributed by atoms with E-state index >= 15 is 0 Å². The van der Waals surface area contributed by atoms with Crippen LogP contribution in [0.25, 0.3) is 0 Å². The van der Waals surface area contributed by atoms with Crippen molar-refractivity contribution in [3.05, 3.63) is 0 Å². The molecule has 0 rings (SSSR count). The minimum atomic E-state index is -1.31. The van der Waals surface area contributed by atoms with Crippen LogP contribution in [-0.2, 0) is 9.59 Å². The molecule has 0 saturated carbocycles. The summed E-state index contributed by atoms with van der Waals surface area (Å²) < 4.78 is 0. The third-order valence-electron chi connectivity index (χ3n) is 0.302. The number of rotatable bonds is 2. The first-order valence-electron chi connectivity index (χ1n) is 1.56. The lowest BCUT2D eigenvalue weighted by atomic mass is 10.5. The van der Waals surface area contributed by atoms with Crippen molar-refractivity contribution in [2.75, 3.05) is 0 Å². The molecule has 48 valence electrons. The fourth-order valence-electron chi connectivity index (χ4n) is 0.129. The van der Waals surface area contributed by atoms with Crippen LogP contribution in [0.1, 0.15) is 6.42 Å². The predicted molar refractivity (Wildman–Crippen MR) is 31.2 cm³/mol. The number of carboxylic acids is 2. The van der Waals surface area contributed by atoms with Gasteiger partial charge in [-0.15, -0.1) is 0 Å². The van der Waals surface area contributed by atoms with Crippen molar-refractivity contribution in [3.8, 4) is 0 Å². The smallest absolute Gasteiger partial charge is 0.314 e. The lowest BCUT2D eigenvalue weighted by Gasteiger charge is -1.80. The van der Waals surface area contributed by atoms with E-state index in [-0.39, 0.29) is 11.0 Å². The van der Waals surface area contributed by atoms with Crippen molar-refractivity contribution in [1.29, 1.82) is 0 Å². The Balaban J connectivity index is 0. The van der Waals surface area contributed by atoms with Crippen molar-refractivity contribution in [2.24, 2.45) is 0 Å². The van der Waals surface area contributed by atoms with E-state index in [9.17, 15) is 9.59 Å². The van der Waals surface area contributed by atoms with E-state index in [2.05, 4.69) is 0 Å². The van der Waals surface area contributed by atoms with Crippen LogP contribution in [0.2, 0.25) is 0 Å². The normalized spacial score (nSPS) is 7.00. The molecule has 0 amide bonds. The Kier molecular flexibility index (Phi) is 5.51. The molecular formula is C3H8O4Si. The molecule has 4 nitrogen and oxygen atoms in total. The largest absolute Gasteiger partial charge is 0.481 e. The molecule has 0 fully saturated rings. The van der Waals surface area contributed by atoms with Crippen LogP contribution in [0, 0.1) is 0 Å². The minimum absolute atomic E-state index is 0. The Hall–Kier alpha value is -0.843. The molecule has 2 N–H and O–H groups in total. The monoisotopic (exact) mass is 136 g/mol. The second-order valence-electron chi connectivity index (χ2n) is 0.964. The van der Waals surface area contributed by atoms with Gasteiger partial charge in [0.1, 0.15) is 6.42 Å². The SMILES string of the molecule is O=C(O)CC(=O)O.[SiH4]. The standard InChI is InChI=1S/C3H4O4.H4Si/c4-2(5)1-3(6)7;/h1H2,(H,4,5)(H,6,7);1H4. The van der Waals surface area contributed by atoms with Gasteiger partial charge in [0.2, 0.25) is 0 Å². The molecule has 8 heavy (non-hydrogen) atoms. The van der Waals surface area contributed by atoms with Gasteiger partial charge >= 0.3 is 11.9 Å². The number of hydrogen-bond donors (Lipinski definition) is 2. The molecule has 0 aromatic heterocycles. The maximum Gasteiger partial charge on any atom is 0.314 e. The molecule has 0 atom stereocenters. The van der Waals surface area contributed by atoms with E-state index in [1.54, 1.807) is 0 Å². The van der Waals surface area contributed by atoms with Crippen LogP contribution in [0.5, 0.6) is 0 Å². The van der Waals surface area contributed by atoms with Crippen molar-refractivity contribution in [1.82, 2.24) is 0 Å². The van der Waals surface area contributed by atoms with E-state index in [1.807, 2.05) is 0 Å². The first-order chi connectivity index (χ1) is 3.13. The fourth-order valence-corrected chi connectivity index (χ4v) is 0.129. The quantitative estimate of drug-likeness (QED) is 0.343. The minimum Gasteiger partial charge on any atom is -0.481 e. The Morgan fingerprint density at radius 2 is 1.38 bits per heavy atom. The summed E-state index contributed by atoms with van der Waals surface area (Å²) in [4.78, 5) is 18.9. The Bertz CT molecular complexity index is 87.5. The van der Waals surface area contributed by atoms with Gasteiger partial charge in [-0.25, -0.2) is 0 Å². The fraction of sp³-hybridized carbons (Fsp3) is 0.333. The van der Waals surface area contributed by atoms with Crippen molar-refractivity contribution in [2.45, 2.75) is 6.42 Å². The molecule has 0 aliphatic heterocycles. The number of hydrogen-bond acceptors (Lipinski definition) is 2. The summed E-state index contributed by atoms with van der Waals surface area (Å²) in [5.41, 5.74) is 0. The molecule has 0 aromatic rings. The van der Waals surface area contributed by atoms with E-state index in [0.29, 0.717) is 0 Å². The molecule has 0 unspecified atom stereocenters. The van der Waals surface area contributed by atoms with Crippen LogP contribution in [-0.4, -0.2) is 33.1 Å². The molecule has 0 aliphatic carbocycles. The topological polar surface area (TPSA) is 74.6 Å². The summed E-state index contributed by atoms with van der Waals surface area (Å²) >= 11 is 0. The van der Waals surface area contributed by atoms with Crippen molar-refractivity contribution in [3.63, 3.8) is 0 Å². The summed E-state index contributed by atoms with van der Waals surface area (Å²) in [5, 5.41) is 15.4. The second kappa shape index (κ2) is 4.32. The van der Waals surface area contributed by atoms with Gasteiger partial charge in [0.05, 0.1) is 0 Å². The van der Waals surface area contributed by atoms with Gasteiger partial charge < -0.3 is 10.2 Å². The van der Waals surface area contributed by atoms with Crippen LogP contribution in [0.15, 0.2) is 0 Å². The molecule has 0 aromatic carbocycles. The van der Waals surface area contributed by atoms with E-state index < -0.39 is 18.4 Å². The Labute approximate surface area is 50.2 Å². The Morgan fingerprint density at radius 3 is 1.38 bits per heavy atom. The van der Waals surface area contributed by atoms with Gasteiger partial charge in [0, 0.05) is 0 Å². The lowest BCUT2D eigenvalue weighted by molar-refractivity contribution is -0.147. The van der Waals surface area contributed by atoms with E-state index in [4.69, 9.17) is 10.2 Å². The zero-order valence-electron chi connectivity index (χ0n) is 3.42. The Morgan fingerprint density at radius 1 is 1.12 bits per heavy atom. The molecule has 0 bridgehead atoms. The first-order valence-corrected chi connectivity index (χ1v) is 1.56. The molecule has 0 aliphatic rings. The van der Waals surface area contributed by atoms with Crippen LogP contribution >= 0.6 is 0 Å². The number of aliphatic carboxylic acids is 2.